The van der Waals surface area contributed by atoms with Gasteiger partial charge in [-0.3, -0.25) is 0 Å². The van der Waals surface area contributed by atoms with Crippen molar-refractivity contribution in [2.75, 3.05) is 6.54 Å². The SMILES string of the molecule is Oc1ccc(Br)cc1[C@H]1CCCCN1. The lowest BCUT2D eigenvalue weighted by molar-refractivity contribution is 0.391. The molecule has 1 heterocycles. The first-order chi connectivity index (χ1) is 6.77. The number of halogens is 1. The lowest BCUT2D eigenvalue weighted by Crippen LogP contribution is -2.26. The van der Waals surface area contributed by atoms with Gasteiger partial charge < -0.3 is 10.4 Å². The third kappa shape index (κ3) is 2.10. The molecular weight excluding hydrogens is 242 g/mol. The van der Waals surface area contributed by atoms with E-state index in [1.54, 1.807) is 6.07 Å². The van der Waals surface area contributed by atoms with Crippen LogP contribution in [0.2, 0.25) is 0 Å². The minimum Gasteiger partial charge on any atom is -0.508 e. The maximum absolute atomic E-state index is 9.73. The van der Waals surface area contributed by atoms with E-state index in [9.17, 15) is 5.11 Å². The van der Waals surface area contributed by atoms with Crippen molar-refractivity contribution in [2.24, 2.45) is 0 Å². The van der Waals surface area contributed by atoms with Gasteiger partial charge in [0.05, 0.1) is 0 Å². The summed E-state index contributed by atoms with van der Waals surface area (Å²) in [5.41, 5.74) is 1.01. The van der Waals surface area contributed by atoms with Crippen LogP contribution in [0.25, 0.3) is 0 Å². The summed E-state index contributed by atoms with van der Waals surface area (Å²) in [6.45, 7) is 1.05. The van der Waals surface area contributed by atoms with E-state index >= 15 is 0 Å². The molecule has 0 radical (unpaired) electrons. The highest BCUT2D eigenvalue weighted by Gasteiger charge is 2.17. The number of aromatic hydroxyl groups is 1. The molecule has 0 aliphatic carbocycles. The molecule has 1 atom stereocenters. The van der Waals surface area contributed by atoms with Gasteiger partial charge in [-0.15, -0.1) is 0 Å². The van der Waals surface area contributed by atoms with Crippen molar-refractivity contribution in [1.82, 2.24) is 5.32 Å². The molecule has 2 nitrogen and oxygen atoms in total. The second-order valence-corrected chi connectivity index (χ2v) is 4.62. The maximum Gasteiger partial charge on any atom is 0.120 e. The Morgan fingerprint density at radius 2 is 2.21 bits per heavy atom. The molecule has 14 heavy (non-hydrogen) atoms. The van der Waals surface area contributed by atoms with Crippen molar-refractivity contribution in [2.45, 2.75) is 25.3 Å². The smallest absolute Gasteiger partial charge is 0.120 e. The topological polar surface area (TPSA) is 32.3 Å². The molecule has 2 rings (SSSR count). The average Bonchev–Trinajstić information content (AvgIpc) is 2.23. The fraction of sp³-hybridized carbons (Fsp3) is 0.455. The standard InChI is InChI=1S/C11H14BrNO/c12-8-4-5-11(14)9(7-8)10-3-1-2-6-13-10/h4-5,7,10,13-14H,1-3,6H2/t10-/m1/s1. The summed E-state index contributed by atoms with van der Waals surface area (Å²) in [4.78, 5) is 0. The van der Waals surface area contributed by atoms with Gasteiger partial charge in [0.15, 0.2) is 0 Å². The molecule has 2 N–H and O–H groups in total. The Kier molecular flexibility index (Phi) is 3.08. The second kappa shape index (κ2) is 4.32. The number of piperidine rings is 1. The highest BCUT2D eigenvalue weighted by Crippen LogP contribution is 2.31. The molecule has 1 fully saturated rings. The summed E-state index contributed by atoms with van der Waals surface area (Å²) in [7, 11) is 0. The number of hydrogen-bond donors (Lipinski definition) is 2. The largest absolute Gasteiger partial charge is 0.508 e. The summed E-state index contributed by atoms with van der Waals surface area (Å²) >= 11 is 3.42. The van der Waals surface area contributed by atoms with E-state index in [1.807, 2.05) is 12.1 Å². The number of nitrogens with one attached hydrogen (secondary N) is 1. The zero-order chi connectivity index (χ0) is 9.97. The Hall–Kier alpha value is -0.540. The van der Waals surface area contributed by atoms with Crippen LogP contribution in [0.1, 0.15) is 30.9 Å². The lowest BCUT2D eigenvalue weighted by Gasteiger charge is -2.24. The van der Waals surface area contributed by atoms with Crippen LogP contribution in [-0.4, -0.2) is 11.7 Å². The van der Waals surface area contributed by atoms with Crippen LogP contribution in [0.15, 0.2) is 22.7 Å². The first kappa shape index (κ1) is 9.99. The molecule has 76 valence electrons. The highest BCUT2D eigenvalue weighted by atomic mass is 79.9. The Morgan fingerprint density at radius 1 is 1.36 bits per heavy atom. The van der Waals surface area contributed by atoms with Crippen LogP contribution in [0.5, 0.6) is 5.75 Å². The Bertz CT molecular complexity index is 321. The molecule has 0 amide bonds. The van der Waals surface area contributed by atoms with E-state index < -0.39 is 0 Å². The number of phenols is 1. The second-order valence-electron chi connectivity index (χ2n) is 3.71. The first-order valence-corrected chi connectivity index (χ1v) is 5.78. The third-order valence-electron chi connectivity index (χ3n) is 2.68. The van der Waals surface area contributed by atoms with Gasteiger partial charge in [-0.2, -0.15) is 0 Å². The minimum atomic E-state index is 0.321. The Balaban J connectivity index is 2.24. The van der Waals surface area contributed by atoms with Crippen molar-refractivity contribution < 1.29 is 5.11 Å². The van der Waals surface area contributed by atoms with Crippen LogP contribution in [-0.2, 0) is 0 Å². The molecule has 3 heteroatoms. The van der Waals surface area contributed by atoms with E-state index in [0.717, 1.165) is 23.0 Å². The number of rotatable bonds is 1. The van der Waals surface area contributed by atoms with E-state index in [4.69, 9.17) is 0 Å². The van der Waals surface area contributed by atoms with Crippen LogP contribution < -0.4 is 5.32 Å². The summed E-state index contributed by atoms with van der Waals surface area (Å²) in [5.74, 6) is 0.396. The quantitative estimate of drug-likeness (QED) is 0.809. The van der Waals surface area contributed by atoms with Gasteiger partial charge in [0, 0.05) is 16.1 Å². The lowest BCUT2D eigenvalue weighted by atomic mass is 9.97. The zero-order valence-corrected chi connectivity index (χ0v) is 9.55. The van der Waals surface area contributed by atoms with Gasteiger partial charge in [0.1, 0.15) is 5.75 Å². The molecule has 1 aromatic rings. The summed E-state index contributed by atoms with van der Waals surface area (Å²) in [6.07, 6.45) is 3.60. The molecule has 1 aromatic carbocycles. The molecule has 0 unspecified atom stereocenters. The van der Waals surface area contributed by atoms with Gasteiger partial charge in [0.25, 0.3) is 0 Å². The molecule has 0 bridgehead atoms. The van der Waals surface area contributed by atoms with Crippen LogP contribution in [0.3, 0.4) is 0 Å². The predicted octanol–water partition coefficient (Wildman–Crippen LogP) is 2.97. The maximum atomic E-state index is 9.73. The highest BCUT2D eigenvalue weighted by molar-refractivity contribution is 9.10. The Labute approximate surface area is 92.5 Å². The van der Waals surface area contributed by atoms with E-state index in [0.29, 0.717) is 11.8 Å². The third-order valence-corrected chi connectivity index (χ3v) is 3.17. The van der Waals surface area contributed by atoms with E-state index in [1.165, 1.54) is 12.8 Å². The van der Waals surface area contributed by atoms with E-state index in [-0.39, 0.29) is 0 Å². The van der Waals surface area contributed by atoms with Crippen molar-refractivity contribution in [1.29, 1.82) is 0 Å². The van der Waals surface area contributed by atoms with Crippen LogP contribution in [0, 0.1) is 0 Å². The molecule has 0 saturated carbocycles. The monoisotopic (exact) mass is 255 g/mol. The first-order valence-electron chi connectivity index (χ1n) is 4.99. The normalized spacial score (nSPS) is 22.2. The van der Waals surface area contributed by atoms with Gasteiger partial charge >= 0.3 is 0 Å². The molecular formula is C11H14BrNO. The fourth-order valence-electron chi connectivity index (χ4n) is 1.92. The molecule has 0 spiro atoms. The van der Waals surface area contributed by atoms with Crippen molar-refractivity contribution in [3.63, 3.8) is 0 Å². The molecule has 1 aliphatic heterocycles. The average molecular weight is 256 g/mol. The van der Waals surface area contributed by atoms with Crippen LogP contribution in [0.4, 0.5) is 0 Å². The molecule has 0 aromatic heterocycles. The van der Waals surface area contributed by atoms with Crippen molar-refractivity contribution in [3.05, 3.63) is 28.2 Å². The van der Waals surface area contributed by atoms with Gasteiger partial charge in [-0.05, 0) is 37.6 Å². The number of hydrogen-bond acceptors (Lipinski definition) is 2. The summed E-state index contributed by atoms with van der Waals surface area (Å²) < 4.78 is 1.03. The number of benzene rings is 1. The summed E-state index contributed by atoms with van der Waals surface area (Å²) in [6, 6.07) is 5.93. The van der Waals surface area contributed by atoms with Gasteiger partial charge in [0.2, 0.25) is 0 Å². The number of phenolic OH excluding ortho intramolecular Hbond substituents is 1. The zero-order valence-electron chi connectivity index (χ0n) is 7.96. The Morgan fingerprint density at radius 3 is 2.93 bits per heavy atom. The molecule has 1 aliphatic rings. The van der Waals surface area contributed by atoms with Crippen molar-refractivity contribution in [3.8, 4) is 5.75 Å². The minimum absolute atomic E-state index is 0.321. The van der Waals surface area contributed by atoms with Gasteiger partial charge in [-0.1, -0.05) is 22.4 Å². The van der Waals surface area contributed by atoms with Gasteiger partial charge in [-0.25, -0.2) is 0 Å². The molecule has 1 saturated heterocycles. The predicted molar refractivity (Wildman–Crippen MR) is 60.4 cm³/mol. The fourth-order valence-corrected chi connectivity index (χ4v) is 2.30. The van der Waals surface area contributed by atoms with Crippen LogP contribution >= 0.6 is 15.9 Å². The van der Waals surface area contributed by atoms with Crippen molar-refractivity contribution >= 4 is 15.9 Å². The summed E-state index contributed by atoms with van der Waals surface area (Å²) in [5, 5.41) is 13.1. The van der Waals surface area contributed by atoms with E-state index in [2.05, 4.69) is 21.2 Å².